The smallest absolute Gasteiger partial charge is 0.239 e. The van der Waals surface area contributed by atoms with Crippen LogP contribution < -0.4 is 5.32 Å². The van der Waals surface area contributed by atoms with Crippen LogP contribution in [0.5, 0.6) is 0 Å². The molecule has 7 heteroatoms. The monoisotopic (exact) mass is 316 g/mol. The van der Waals surface area contributed by atoms with Crippen LogP contribution in [-0.4, -0.2) is 58.4 Å². The average molecular weight is 317 g/mol. The van der Waals surface area contributed by atoms with E-state index in [1.165, 1.54) is 5.56 Å². The fourth-order valence-electron chi connectivity index (χ4n) is 2.72. The van der Waals surface area contributed by atoms with E-state index in [1.54, 1.807) is 4.90 Å². The van der Waals surface area contributed by atoms with Gasteiger partial charge in [0.15, 0.2) is 0 Å². The molecule has 2 heterocycles. The normalized spacial score (nSPS) is 21.1. The first kappa shape index (κ1) is 17.9. The highest BCUT2D eigenvalue weighted by Crippen LogP contribution is 2.13. The summed E-state index contributed by atoms with van der Waals surface area (Å²) in [5.41, 5.74) is 3.40. The van der Waals surface area contributed by atoms with Crippen molar-refractivity contribution in [1.29, 1.82) is 0 Å². The topological polar surface area (TPSA) is 81.2 Å². The summed E-state index contributed by atoms with van der Waals surface area (Å²) in [6, 6.07) is -0.229. The Kier molecular flexibility index (Phi) is 6.64. The van der Waals surface area contributed by atoms with Crippen molar-refractivity contribution in [2.24, 2.45) is 0 Å². The van der Waals surface area contributed by atoms with Crippen molar-refractivity contribution < 1.29 is 9.90 Å². The molecule has 21 heavy (non-hydrogen) atoms. The van der Waals surface area contributed by atoms with Gasteiger partial charge in [-0.15, -0.1) is 12.4 Å². The lowest BCUT2D eigenvalue weighted by Crippen LogP contribution is -2.42. The third kappa shape index (κ3) is 4.43. The Labute approximate surface area is 131 Å². The van der Waals surface area contributed by atoms with Crippen LogP contribution in [-0.2, 0) is 11.2 Å². The molecule has 3 N–H and O–H groups in total. The van der Waals surface area contributed by atoms with Gasteiger partial charge in [0.25, 0.3) is 0 Å². The van der Waals surface area contributed by atoms with Crippen LogP contribution >= 0.6 is 12.4 Å². The quantitative estimate of drug-likeness (QED) is 0.741. The summed E-state index contributed by atoms with van der Waals surface area (Å²) in [4.78, 5) is 13.9. The lowest BCUT2D eigenvalue weighted by atomic mass is 10.1. The molecule has 6 nitrogen and oxygen atoms in total. The second-order valence-electron chi connectivity index (χ2n) is 5.63. The van der Waals surface area contributed by atoms with E-state index in [4.69, 9.17) is 0 Å². The van der Waals surface area contributed by atoms with Crippen LogP contribution in [0.25, 0.3) is 0 Å². The molecule has 0 radical (unpaired) electrons. The van der Waals surface area contributed by atoms with Crippen molar-refractivity contribution in [1.82, 2.24) is 20.4 Å². The highest BCUT2D eigenvalue weighted by Gasteiger charge is 2.29. The number of carbonyl (C=O) groups excluding carboxylic acids is 1. The third-order valence-corrected chi connectivity index (χ3v) is 3.98. The van der Waals surface area contributed by atoms with Gasteiger partial charge in [-0.25, -0.2) is 0 Å². The first-order valence-electron chi connectivity index (χ1n) is 7.16. The Morgan fingerprint density at radius 2 is 2.19 bits per heavy atom. The number of hydrogen-bond donors (Lipinski definition) is 3. The molecular weight excluding hydrogens is 292 g/mol. The lowest BCUT2D eigenvalue weighted by Gasteiger charge is -2.21. The number of aliphatic hydroxyl groups excluding tert-OH is 1. The number of hydrogen-bond acceptors (Lipinski definition) is 4. The van der Waals surface area contributed by atoms with Crippen molar-refractivity contribution in [2.75, 3.05) is 20.1 Å². The summed E-state index contributed by atoms with van der Waals surface area (Å²) in [7, 11) is 1.82. The van der Waals surface area contributed by atoms with Crippen molar-refractivity contribution in [3.63, 3.8) is 0 Å². The van der Waals surface area contributed by atoms with E-state index in [0.29, 0.717) is 13.0 Å². The summed E-state index contributed by atoms with van der Waals surface area (Å²) in [5.74, 6) is 0.0715. The van der Waals surface area contributed by atoms with Gasteiger partial charge < -0.3 is 15.3 Å². The maximum atomic E-state index is 12.2. The van der Waals surface area contributed by atoms with Gasteiger partial charge in [-0.1, -0.05) is 0 Å². The number of carbonyl (C=O) groups is 1. The molecule has 0 bridgehead atoms. The number of likely N-dealkylation sites (N-methyl/N-ethyl adjacent to an activating group) is 1. The minimum atomic E-state index is -0.395. The zero-order chi connectivity index (χ0) is 14.7. The number of β-amino-alcohol motifs (C(OH)–C–C–N with tert-alkyl or cyclic N) is 1. The number of nitrogens with zero attached hydrogens (tertiary/aromatic N) is 2. The van der Waals surface area contributed by atoms with Gasteiger partial charge in [-0.05, 0) is 38.7 Å². The standard InChI is InChI=1S/C14H24N4O2.ClH/c1-9-12(10(2)17-16-9)5-4-6-18(3)14(20)13-7-11(19)8-15-13;/h11,13,15,19H,4-8H2,1-3H3,(H,16,17);1H/t11-,13-;/m1./s1. The average Bonchev–Trinajstić information content (AvgIpc) is 2.97. The highest BCUT2D eigenvalue weighted by molar-refractivity contribution is 5.85. The van der Waals surface area contributed by atoms with Crippen LogP contribution in [0.2, 0.25) is 0 Å². The Morgan fingerprint density at radius 1 is 1.48 bits per heavy atom. The van der Waals surface area contributed by atoms with Gasteiger partial charge >= 0.3 is 0 Å². The van der Waals surface area contributed by atoms with E-state index in [1.807, 2.05) is 20.9 Å². The molecule has 0 saturated carbocycles. The van der Waals surface area contributed by atoms with Crippen molar-refractivity contribution in [3.05, 3.63) is 17.0 Å². The van der Waals surface area contributed by atoms with Crippen LogP contribution in [0, 0.1) is 13.8 Å². The Balaban J connectivity index is 0.00000220. The van der Waals surface area contributed by atoms with Gasteiger partial charge in [0.05, 0.1) is 17.8 Å². The van der Waals surface area contributed by atoms with Gasteiger partial charge in [-0.2, -0.15) is 5.10 Å². The van der Waals surface area contributed by atoms with E-state index >= 15 is 0 Å². The van der Waals surface area contributed by atoms with Crippen LogP contribution in [0.4, 0.5) is 0 Å². The lowest BCUT2D eigenvalue weighted by molar-refractivity contribution is -0.131. The zero-order valence-corrected chi connectivity index (χ0v) is 13.7. The van der Waals surface area contributed by atoms with Gasteiger partial charge in [0, 0.05) is 25.8 Å². The van der Waals surface area contributed by atoms with Crippen LogP contribution in [0.15, 0.2) is 0 Å². The fourth-order valence-corrected chi connectivity index (χ4v) is 2.72. The largest absolute Gasteiger partial charge is 0.392 e. The van der Waals surface area contributed by atoms with E-state index < -0.39 is 6.10 Å². The van der Waals surface area contributed by atoms with Crippen LogP contribution in [0.1, 0.15) is 29.8 Å². The molecule has 2 atom stereocenters. The summed E-state index contributed by atoms with van der Waals surface area (Å²) >= 11 is 0. The molecule has 1 aromatic rings. The molecule has 1 amide bonds. The molecule has 0 aliphatic carbocycles. The summed E-state index contributed by atoms with van der Waals surface area (Å²) < 4.78 is 0. The maximum absolute atomic E-state index is 12.2. The van der Waals surface area contributed by atoms with Gasteiger partial charge in [-0.3, -0.25) is 9.89 Å². The first-order valence-corrected chi connectivity index (χ1v) is 7.16. The predicted molar refractivity (Wildman–Crippen MR) is 83.7 cm³/mol. The molecule has 1 aliphatic heterocycles. The summed E-state index contributed by atoms with van der Waals surface area (Å²) in [6.45, 7) is 5.25. The molecule has 0 aromatic carbocycles. The predicted octanol–water partition coefficient (Wildman–Crippen LogP) is 0.562. The molecule has 1 fully saturated rings. The molecule has 1 aromatic heterocycles. The number of rotatable bonds is 5. The maximum Gasteiger partial charge on any atom is 0.239 e. The first-order chi connectivity index (χ1) is 9.49. The second kappa shape index (κ2) is 7.77. The number of H-pyrrole nitrogens is 1. The number of nitrogens with one attached hydrogen (secondary N) is 2. The molecule has 2 rings (SSSR count). The highest BCUT2D eigenvalue weighted by atomic mass is 35.5. The minimum absolute atomic E-state index is 0. The third-order valence-electron chi connectivity index (χ3n) is 3.98. The molecule has 1 saturated heterocycles. The van der Waals surface area contributed by atoms with Crippen molar-refractivity contribution in [3.8, 4) is 0 Å². The molecule has 1 aliphatic rings. The Morgan fingerprint density at radius 3 is 2.71 bits per heavy atom. The van der Waals surface area contributed by atoms with Crippen molar-refractivity contribution >= 4 is 18.3 Å². The molecule has 0 spiro atoms. The Bertz CT molecular complexity index is 458. The molecule has 120 valence electrons. The zero-order valence-electron chi connectivity index (χ0n) is 12.8. The van der Waals surface area contributed by atoms with E-state index in [2.05, 4.69) is 15.5 Å². The Hall–Kier alpha value is -1.11. The van der Waals surface area contributed by atoms with Gasteiger partial charge in [0.1, 0.15) is 0 Å². The number of halogens is 1. The molecule has 0 unspecified atom stereocenters. The van der Waals surface area contributed by atoms with E-state index in [9.17, 15) is 9.90 Å². The van der Waals surface area contributed by atoms with Crippen molar-refractivity contribution in [2.45, 2.75) is 45.3 Å². The van der Waals surface area contributed by atoms with Crippen LogP contribution in [0.3, 0.4) is 0 Å². The number of amides is 1. The SMILES string of the molecule is Cc1n[nH]c(C)c1CCCN(C)C(=O)[C@H]1C[C@@H](O)CN1.Cl. The summed E-state index contributed by atoms with van der Waals surface area (Å²) in [6.07, 6.45) is 1.96. The van der Waals surface area contributed by atoms with E-state index in [0.717, 1.165) is 30.8 Å². The number of aromatic amines is 1. The second-order valence-corrected chi connectivity index (χ2v) is 5.63. The fraction of sp³-hybridized carbons (Fsp3) is 0.714. The summed E-state index contributed by atoms with van der Waals surface area (Å²) in [5, 5.41) is 19.7. The number of aromatic nitrogens is 2. The van der Waals surface area contributed by atoms with Gasteiger partial charge in [0.2, 0.25) is 5.91 Å². The minimum Gasteiger partial charge on any atom is -0.392 e. The number of aryl methyl sites for hydroxylation is 2. The number of aliphatic hydroxyl groups is 1. The van der Waals surface area contributed by atoms with E-state index in [-0.39, 0.29) is 24.4 Å². The molecular formula is C14H25ClN4O2.